The van der Waals surface area contributed by atoms with Crippen LogP contribution in [-0.2, 0) is 36.7 Å². The number of carbonyl (C=O) groups is 1. The van der Waals surface area contributed by atoms with Gasteiger partial charge in [0.1, 0.15) is 12.1 Å². The summed E-state index contributed by atoms with van der Waals surface area (Å²) >= 11 is 6.53. The summed E-state index contributed by atoms with van der Waals surface area (Å²) in [6.45, 7) is 3.26. The lowest BCUT2D eigenvalue weighted by atomic mass is 10.2. The molecular weight excluding hydrogens is 635 g/mol. The maximum Gasteiger partial charge on any atom is 0.510 e. The molecule has 0 amide bonds. The summed E-state index contributed by atoms with van der Waals surface area (Å²) in [6.07, 6.45) is -0.178. The quantitative estimate of drug-likeness (QED) is 0.182. The SMILES string of the molecule is CC(C)OC(=O)OC(C)n1c(=O)n(Cc2ncn(C)n2)c(=O)n(Cc2cc(F)c(F)cc2F)c1=Nc1cc2cn(C)nc2cc1Cl. The molecule has 1 atom stereocenters. The Morgan fingerprint density at radius 2 is 1.63 bits per heavy atom. The van der Waals surface area contributed by atoms with Crippen LogP contribution in [0.15, 0.2) is 51.4 Å². The van der Waals surface area contributed by atoms with Gasteiger partial charge in [0.25, 0.3) is 0 Å². The van der Waals surface area contributed by atoms with Gasteiger partial charge in [-0.05, 0) is 39.0 Å². The zero-order valence-corrected chi connectivity index (χ0v) is 25.9. The van der Waals surface area contributed by atoms with Gasteiger partial charge in [0, 0.05) is 37.3 Å². The topological polar surface area (TPSA) is 145 Å². The molecule has 0 spiro atoms. The Balaban J connectivity index is 1.85. The van der Waals surface area contributed by atoms with Crippen molar-refractivity contribution in [3.05, 3.63) is 97.2 Å². The summed E-state index contributed by atoms with van der Waals surface area (Å²) < 4.78 is 58.7. The van der Waals surface area contributed by atoms with Crippen molar-refractivity contribution in [3.8, 4) is 0 Å². The first-order valence-corrected chi connectivity index (χ1v) is 14.1. The van der Waals surface area contributed by atoms with Crippen LogP contribution in [-0.4, -0.2) is 50.5 Å². The number of aryl methyl sites for hydroxylation is 2. The van der Waals surface area contributed by atoms with E-state index in [9.17, 15) is 27.6 Å². The molecule has 0 aliphatic carbocycles. The van der Waals surface area contributed by atoms with Crippen molar-refractivity contribution in [2.75, 3.05) is 0 Å². The molecule has 0 saturated heterocycles. The average molecular weight is 662 g/mol. The van der Waals surface area contributed by atoms with Crippen LogP contribution in [0.2, 0.25) is 5.02 Å². The van der Waals surface area contributed by atoms with E-state index in [2.05, 4.69) is 20.2 Å². The van der Waals surface area contributed by atoms with Crippen molar-refractivity contribution in [3.63, 3.8) is 0 Å². The summed E-state index contributed by atoms with van der Waals surface area (Å²) in [4.78, 5) is 49.2. The van der Waals surface area contributed by atoms with E-state index in [1.807, 2.05) is 0 Å². The Hall–Kier alpha value is -5.19. The number of fused-ring (bicyclic) bond motifs is 1. The number of ether oxygens (including phenoxy) is 2. The largest absolute Gasteiger partial charge is 0.510 e. The first-order chi connectivity index (χ1) is 21.7. The summed E-state index contributed by atoms with van der Waals surface area (Å²) in [7, 11) is 3.27. The molecular formula is C28H27ClF3N9O5. The van der Waals surface area contributed by atoms with E-state index < -0.39 is 71.6 Å². The molecule has 0 saturated carbocycles. The lowest BCUT2D eigenvalue weighted by molar-refractivity contribution is -0.0145. The minimum atomic E-state index is -1.48. The number of benzene rings is 2. The number of rotatable bonds is 8. The van der Waals surface area contributed by atoms with Gasteiger partial charge in [0.15, 0.2) is 23.7 Å². The monoisotopic (exact) mass is 661 g/mol. The number of nitrogens with zero attached hydrogens (tertiary/aromatic N) is 9. The predicted octanol–water partition coefficient (Wildman–Crippen LogP) is 3.31. The fourth-order valence-electron chi connectivity index (χ4n) is 4.58. The molecule has 3 aromatic heterocycles. The molecule has 46 heavy (non-hydrogen) atoms. The van der Waals surface area contributed by atoms with Gasteiger partial charge in [0.05, 0.1) is 35.4 Å². The van der Waals surface area contributed by atoms with Crippen molar-refractivity contribution in [2.24, 2.45) is 19.1 Å². The van der Waals surface area contributed by atoms with E-state index >= 15 is 0 Å². The molecule has 18 heteroatoms. The zero-order chi connectivity index (χ0) is 33.4. The van der Waals surface area contributed by atoms with Gasteiger partial charge in [-0.1, -0.05) is 11.6 Å². The van der Waals surface area contributed by atoms with Gasteiger partial charge in [-0.3, -0.25) is 13.9 Å². The Kier molecular flexibility index (Phi) is 8.87. The van der Waals surface area contributed by atoms with Crippen LogP contribution in [0.1, 0.15) is 38.4 Å². The number of hydrogen-bond donors (Lipinski definition) is 0. The van der Waals surface area contributed by atoms with E-state index in [1.165, 1.54) is 34.7 Å². The fourth-order valence-corrected chi connectivity index (χ4v) is 4.78. The number of carbonyl (C=O) groups excluding carboxylic acids is 1. The van der Waals surface area contributed by atoms with Crippen LogP contribution in [0.3, 0.4) is 0 Å². The molecule has 0 fully saturated rings. The van der Waals surface area contributed by atoms with Crippen molar-refractivity contribution in [2.45, 2.75) is 46.2 Å². The highest BCUT2D eigenvalue weighted by Gasteiger charge is 2.24. The van der Waals surface area contributed by atoms with Crippen molar-refractivity contribution in [1.82, 2.24) is 38.2 Å². The molecule has 3 heterocycles. The highest BCUT2D eigenvalue weighted by atomic mass is 35.5. The molecule has 2 aromatic carbocycles. The second kappa shape index (κ2) is 12.7. The second-order valence-electron chi connectivity index (χ2n) is 10.5. The molecule has 14 nitrogen and oxygen atoms in total. The number of aromatic nitrogens is 8. The van der Waals surface area contributed by atoms with Gasteiger partial charge in [-0.25, -0.2) is 46.7 Å². The molecule has 0 radical (unpaired) electrons. The van der Waals surface area contributed by atoms with Crippen LogP contribution in [0.4, 0.5) is 23.7 Å². The van der Waals surface area contributed by atoms with Gasteiger partial charge in [0.2, 0.25) is 5.62 Å². The van der Waals surface area contributed by atoms with Gasteiger partial charge in [-0.15, -0.1) is 0 Å². The molecule has 1 unspecified atom stereocenters. The molecule has 0 aliphatic rings. The van der Waals surface area contributed by atoms with Crippen molar-refractivity contribution >= 4 is 34.3 Å². The number of hydrogen-bond acceptors (Lipinski definition) is 9. The minimum absolute atomic E-state index is 0.0512. The molecule has 0 aliphatic heterocycles. The summed E-state index contributed by atoms with van der Waals surface area (Å²) in [6, 6.07) is 3.94. The third-order valence-electron chi connectivity index (χ3n) is 6.59. The first kappa shape index (κ1) is 32.2. The molecule has 0 bridgehead atoms. The Morgan fingerprint density at radius 1 is 0.913 bits per heavy atom. The van der Waals surface area contributed by atoms with Crippen LogP contribution >= 0.6 is 11.6 Å². The lowest BCUT2D eigenvalue weighted by Gasteiger charge is -2.21. The molecule has 0 N–H and O–H groups in total. The smallest absolute Gasteiger partial charge is 0.432 e. The van der Waals surface area contributed by atoms with E-state index in [0.29, 0.717) is 27.6 Å². The molecule has 242 valence electrons. The average Bonchev–Trinajstić information content (AvgIpc) is 3.54. The highest BCUT2D eigenvalue weighted by Crippen LogP contribution is 2.29. The summed E-state index contributed by atoms with van der Waals surface area (Å²) in [5.74, 6) is -3.93. The second-order valence-corrected chi connectivity index (χ2v) is 10.9. The zero-order valence-electron chi connectivity index (χ0n) is 25.1. The van der Waals surface area contributed by atoms with Crippen LogP contribution in [0.5, 0.6) is 0 Å². The van der Waals surface area contributed by atoms with E-state index in [1.54, 1.807) is 34.1 Å². The Morgan fingerprint density at radius 3 is 2.30 bits per heavy atom. The Bertz CT molecular complexity index is 2170. The summed E-state index contributed by atoms with van der Waals surface area (Å²) in [5.41, 5.74) is -2.43. The van der Waals surface area contributed by atoms with Crippen LogP contribution < -0.4 is 17.0 Å². The standard InChI is InChI=1S/C28H27ClF3N9O5/c1-14(2)45-28(44)46-15(3)41-25(34-23-7-17-10-37(4)35-22(17)8-18(23)29)39(11-16-6-20(31)21(32)9-19(16)30)26(42)40(27(41)43)12-24-33-13-38(5)36-24/h6-10,13-15H,11-12H2,1-5H3. The summed E-state index contributed by atoms with van der Waals surface area (Å²) in [5, 5.41) is 9.05. The normalized spacial score (nSPS) is 12.7. The van der Waals surface area contributed by atoms with Crippen molar-refractivity contribution in [1.29, 1.82) is 0 Å². The van der Waals surface area contributed by atoms with Gasteiger partial charge in [-0.2, -0.15) is 10.2 Å². The molecule has 5 aromatic rings. The third-order valence-corrected chi connectivity index (χ3v) is 6.89. The van der Waals surface area contributed by atoms with E-state index in [4.69, 9.17) is 21.1 Å². The van der Waals surface area contributed by atoms with Crippen molar-refractivity contribution < 1.29 is 27.4 Å². The predicted molar refractivity (Wildman–Crippen MR) is 157 cm³/mol. The van der Waals surface area contributed by atoms with Gasteiger partial charge >= 0.3 is 17.5 Å². The molecule has 5 rings (SSSR count). The maximum absolute atomic E-state index is 15.0. The maximum atomic E-state index is 15.0. The third kappa shape index (κ3) is 6.58. The highest BCUT2D eigenvalue weighted by molar-refractivity contribution is 6.33. The van der Waals surface area contributed by atoms with E-state index in [0.717, 1.165) is 9.13 Å². The fraction of sp³-hybridized carbons (Fsp3) is 0.321. The Labute approximate surface area is 262 Å². The van der Waals surface area contributed by atoms with E-state index in [-0.39, 0.29) is 16.5 Å². The van der Waals surface area contributed by atoms with Crippen LogP contribution in [0, 0.1) is 17.5 Å². The first-order valence-electron chi connectivity index (χ1n) is 13.7. The minimum Gasteiger partial charge on any atom is -0.432 e. The number of halogens is 4. The van der Waals surface area contributed by atoms with Gasteiger partial charge < -0.3 is 9.47 Å². The van der Waals surface area contributed by atoms with Crippen LogP contribution in [0.25, 0.3) is 10.9 Å². The lowest BCUT2D eigenvalue weighted by Crippen LogP contribution is -2.56.